The van der Waals surface area contributed by atoms with Crippen molar-refractivity contribution in [1.82, 2.24) is 0 Å². The molecule has 0 aromatic rings. The fraction of sp³-hybridized carbons (Fsp3) is 0.941. The normalized spacial score (nSPS) is 12.5. The maximum atomic E-state index is 12.7. The Hall–Kier alpha value is -1.59. The maximum absolute atomic E-state index is 12.7. The van der Waals surface area contributed by atoms with Gasteiger partial charge in [0.1, 0.15) is 13.2 Å². The van der Waals surface area contributed by atoms with Crippen molar-refractivity contribution in [2.75, 3.05) is 13.2 Å². The molecule has 0 rings (SSSR count). The van der Waals surface area contributed by atoms with Crippen molar-refractivity contribution in [2.24, 2.45) is 11.8 Å². The van der Waals surface area contributed by atoms with Crippen LogP contribution in [0.3, 0.4) is 0 Å². The molecule has 0 N–H and O–H groups in total. The summed E-state index contributed by atoms with van der Waals surface area (Å²) in [4.78, 5) is 37.6. The maximum Gasteiger partial charge on any atom is 0.306 e. The third kappa shape index (κ3) is 43.8. The number of unbranched alkanes of at least 4 members (excludes halogenated alkanes) is 29. The largest absolute Gasteiger partial charge is 0.462 e. The Bertz CT molecular complexity index is 872. The SMILES string of the molecule is CCCCCCCC(=O)OC[C@H](COC(=O)CCCCCCCCCCCCCCCCCCCCC(C)CC)OC(=O)CCCCCCCCCCCC(C)C. The smallest absolute Gasteiger partial charge is 0.306 e. The molecule has 0 aliphatic heterocycles. The summed E-state index contributed by atoms with van der Waals surface area (Å²) in [6.07, 6.45) is 44.1. The molecule has 0 fully saturated rings. The Morgan fingerprint density at radius 2 is 0.667 bits per heavy atom. The van der Waals surface area contributed by atoms with Crippen molar-refractivity contribution in [3.63, 3.8) is 0 Å². The minimum Gasteiger partial charge on any atom is -0.462 e. The van der Waals surface area contributed by atoms with E-state index in [1.54, 1.807) is 0 Å². The fourth-order valence-corrected chi connectivity index (χ4v) is 7.60. The second-order valence-electron chi connectivity index (χ2n) is 18.2. The lowest BCUT2D eigenvalue weighted by atomic mass is 9.99. The molecule has 0 aliphatic carbocycles. The Balaban J connectivity index is 4.04. The Morgan fingerprint density at radius 1 is 0.368 bits per heavy atom. The summed E-state index contributed by atoms with van der Waals surface area (Å²) in [5, 5.41) is 0. The van der Waals surface area contributed by atoms with E-state index in [9.17, 15) is 14.4 Å². The number of rotatable bonds is 45. The molecule has 0 radical (unpaired) electrons. The summed E-state index contributed by atoms with van der Waals surface area (Å²) >= 11 is 0. The summed E-state index contributed by atoms with van der Waals surface area (Å²) in [5.41, 5.74) is 0. The van der Waals surface area contributed by atoms with Crippen molar-refractivity contribution >= 4 is 17.9 Å². The molecular formula is C51H98O6. The van der Waals surface area contributed by atoms with Gasteiger partial charge in [-0.25, -0.2) is 0 Å². The third-order valence-corrected chi connectivity index (χ3v) is 11.8. The molecule has 0 saturated carbocycles. The molecule has 0 aromatic carbocycles. The summed E-state index contributed by atoms with van der Waals surface area (Å²) < 4.78 is 16.6. The molecule has 0 spiro atoms. The first-order chi connectivity index (χ1) is 27.8. The van der Waals surface area contributed by atoms with Crippen LogP contribution in [0, 0.1) is 11.8 Å². The zero-order valence-corrected chi connectivity index (χ0v) is 39.0. The van der Waals surface area contributed by atoms with Crippen LogP contribution in [0.1, 0.15) is 279 Å². The summed E-state index contributed by atoms with van der Waals surface area (Å²) in [7, 11) is 0. The first kappa shape index (κ1) is 55.4. The van der Waals surface area contributed by atoms with E-state index in [-0.39, 0.29) is 31.1 Å². The van der Waals surface area contributed by atoms with Crippen LogP contribution < -0.4 is 0 Å². The van der Waals surface area contributed by atoms with Crippen molar-refractivity contribution < 1.29 is 28.6 Å². The van der Waals surface area contributed by atoms with E-state index in [0.29, 0.717) is 19.3 Å². The van der Waals surface area contributed by atoms with Crippen LogP contribution in [0.4, 0.5) is 0 Å². The fourth-order valence-electron chi connectivity index (χ4n) is 7.60. The first-order valence-electron chi connectivity index (χ1n) is 25.3. The van der Waals surface area contributed by atoms with Crippen LogP contribution in [-0.4, -0.2) is 37.2 Å². The molecule has 0 heterocycles. The number of hydrogen-bond acceptors (Lipinski definition) is 6. The van der Waals surface area contributed by atoms with Crippen LogP contribution in [0.5, 0.6) is 0 Å². The average molecular weight is 807 g/mol. The number of carbonyl (C=O) groups is 3. The number of hydrogen-bond donors (Lipinski definition) is 0. The second kappa shape index (κ2) is 44.0. The van der Waals surface area contributed by atoms with Gasteiger partial charge in [-0.05, 0) is 31.1 Å². The van der Waals surface area contributed by atoms with Crippen molar-refractivity contribution in [1.29, 1.82) is 0 Å². The topological polar surface area (TPSA) is 78.9 Å². The highest BCUT2D eigenvalue weighted by atomic mass is 16.6. The lowest BCUT2D eigenvalue weighted by Gasteiger charge is -2.18. The lowest BCUT2D eigenvalue weighted by molar-refractivity contribution is -0.167. The van der Waals surface area contributed by atoms with Crippen LogP contribution >= 0.6 is 0 Å². The quantitative estimate of drug-likeness (QED) is 0.0346. The zero-order valence-electron chi connectivity index (χ0n) is 39.0. The van der Waals surface area contributed by atoms with Crippen molar-refractivity contribution in [3.05, 3.63) is 0 Å². The van der Waals surface area contributed by atoms with E-state index in [4.69, 9.17) is 14.2 Å². The Labute approximate surface area is 355 Å². The van der Waals surface area contributed by atoms with Crippen LogP contribution in [-0.2, 0) is 28.6 Å². The predicted octanol–water partition coefficient (Wildman–Crippen LogP) is 16.1. The number of ether oxygens (including phenoxy) is 3. The zero-order chi connectivity index (χ0) is 41.9. The minimum absolute atomic E-state index is 0.0652. The van der Waals surface area contributed by atoms with E-state index >= 15 is 0 Å². The average Bonchev–Trinajstić information content (AvgIpc) is 3.19. The van der Waals surface area contributed by atoms with Gasteiger partial charge >= 0.3 is 17.9 Å². The Morgan fingerprint density at radius 3 is 1.00 bits per heavy atom. The Kier molecular flexibility index (Phi) is 42.7. The van der Waals surface area contributed by atoms with Gasteiger partial charge in [-0.3, -0.25) is 14.4 Å². The van der Waals surface area contributed by atoms with Crippen molar-refractivity contribution in [2.45, 2.75) is 285 Å². The summed E-state index contributed by atoms with van der Waals surface area (Å²) in [6, 6.07) is 0. The molecule has 338 valence electrons. The molecule has 6 nitrogen and oxygen atoms in total. The number of carbonyl (C=O) groups excluding carboxylic acids is 3. The monoisotopic (exact) mass is 807 g/mol. The standard InChI is InChI=1S/C51H98O6/c1-6-8-9-29-36-41-49(52)55-44-48(57-51(54)43-38-33-28-24-20-21-25-30-34-39-46(3)4)45-56-50(53)42-37-32-27-23-19-17-15-13-11-10-12-14-16-18-22-26-31-35-40-47(5)7-2/h46-48H,6-45H2,1-5H3/t47?,48-/m1/s1. The van der Waals surface area contributed by atoms with Crippen molar-refractivity contribution in [3.8, 4) is 0 Å². The van der Waals surface area contributed by atoms with Gasteiger partial charge in [0.2, 0.25) is 0 Å². The first-order valence-corrected chi connectivity index (χ1v) is 25.3. The van der Waals surface area contributed by atoms with Crippen LogP contribution in [0.15, 0.2) is 0 Å². The van der Waals surface area contributed by atoms with Crippen LogP contribution in [0.25, 0.3) is 0 Å². The predicted molar refractivity (Wildman–Crippen MR) is 243 cm³/mol. The lowest BCUT2D eigenvalue weighted by Crippen LogP contribution is -2.30. The molecule has 0 aliphatic rings. The van der Waals surface area contributed by atoms with Gasteiger partial charge in [-0.15, -0.1) is 0 Å². The summed E-state index contributed by atoms with van der Waals surface area (Å²) in [6.45, 7) is 11.3. The molecule has 2 atom stereocenters. The van der Waals surface area contributed by atoms with Gasteiger partial charge in [0.25, 0.3) is 0 Å². The highest BCUT2D eigenvalue weighted by Gasteiger charge is 2.19. The van der Waals surface area contributed by atoms with Gasteiger partial charge in [-0.1, -0.05) is 240 Å². The molecule has 6 heteroatoms. The van der Waals surface area contributed by atoms with Gasteiger partial charge in [0, 0.05) is 19.3 Å². The highest BCUT2D eigenvalue weighted by molar-refractivity contribution is 5.71. The molecule has 0 saturated heterocycles. The van der Waals surface area contributed by atoms with Crippen LogP contribution in [0.2, 0.25) is 0 Å². The van der Waals surface area contributed by atoms with E-state index in [1.165, 1.54) is 161 Å². The van der Waals surface area contributed by atoms with Gasteiger partial charge < -0.3 is 14.2 Å². The molecule has 0 aromatic heterocycles. The second-order valence-corrected chi connectivity index (χ2v) is 18.2. The molecule has 0 bridgehead atoms. The van der Waals surface area contributed by atoms with Gasteiger partial charge in [0.05, 0.1) is 0 Å². The van der Waals surface area contributed by atoms with E-state index < -0.39 is 6.10 Å². The third-order valence-electron chi connectivity index (χ3n) is 11.8. The molecule has 1 unspecified atom stereocenters. The van der Waals surface area contributed by atoms with Gasteiger partial charge in [-0.2, -0.15) is 0 Å². The van der Waals surface area contributed by atoms with E-state index in [2.05, 4.69) is 34.6 Å². The summed E-state index contributed by atoms with van der Waals surface area (Å²) in [5.74, 6) is 0.849. The van der Waals surface area contributed by atoms with E-state index in [0.717, 1.165) is 76.0 Å². The van der Waals surface area contributed by atoms with E-state index in [1.807, 2.05) is 0 Å². The number of esters is 3. The molecular weight excluding hydrogens is 709 g/mol. The minimum atomic E-state index is -0.759. The van der Waals surface area contributed by atoms with Gasteiger partial charge in [0.15, 0.2) is 6.10 Å². The highest BCUT2D eigenvalue weighted by Crippen LogP contribution is 2.18. The molecule has 57 heavy (non-hydrogen) atoms. The molecule has 0 amide bonds.